The average molecular weight is 272 g/mol. The first kappa shape index (κ1) is 15.3. The smallest absolute Gasteiger partial charge is 0.123 e. The fraction of sp³-hybridized carbons (Fsp3) is 0.571. The van der Waals surface area contributed by atoms with Crippen molar-refractivity contribution < 1.29 is 9.47 Å². The molecule has 0 saturated carbocycles. The molecule has 18 heavy (non-hydrogen) atoms. The molecule has 1 aromatic rings. The molecular weight excluding hydrogens is 250 g/mol. The monoisotopic (exact) mass is 271 g/mol. The molecule has 4 heteroatoms. The van der Waals surface area contributed by atoms with Gasteiger partial charge in [-0.1, -0.05) is 11.6 Å². The number of hydrogen-bond acceptors (Lipinski definition) is 3. The number of methoxy groups -OCH3 is 1. The standard InChI is InChI=1S/C14H22ClNO2/c1-11(2)18-8-4-7-16-10-12-9-13(15)5-6-14(12)17-3/h5-6,9,11,16H,4,7-8,10H2,1-3H3. The highest BCUT2D eigenvalue weighted by molar-refractivity contribution is 6.30. The molecule has 1 N–H and O–H groups in total. The molecule has 1 aromatic carbocycles. The van der Waals surface area contributed by atoms with Gasteiger partial charge in [-0.25, -0.2) is 0 Å². The average Bonchev–Trinajstić information content (AvgIpc) is 2.33. The SMILES string of the molecule is COc1ccc(Cl)cc1CNCCCOC(C)C. The van der Waals surface area contributed by atoms with E-state index in [-0.39, 0.29) is 0 Å². The fourth-order valence-corrected chi connectivity index (χ4v) is 1.82. The lowest BCUT2D eigenvalue weighted by Gasteiger charge is -2.11. The van der Waals surface area contributed by atoms with Crippen LogP contribution in [0.4, 0.5) is 0 Å². The second kappa shape index (κ2) is 8.35. The maximum atomic E-state index is 5.97. The van der Waals surface area contributed by atoms with Crippen molar-refractivity contribution in [3.05, 3.63) is 28.8 Å². The lowest BCUT2D eigenvalue weighted by molar-refractivity contribution is 0.0770. The summed E-state index contributed by atoms with van der Waals surface area (Å²) in [5, 5.41) is 4.09. The number of ether oxygens (including phenoxy) is 2. The van der Waals surface area contributed by atoms with E-state index in [1.165, 1.54) is 0 Å². The summed E-state index contributed by atoms with van der Waals surface area (Å²) in [6.45, 7) is 6.56. The van der Waals surface area contributed by atoms with Gasteiger partial charge in [-0.2, -0.15) is 0 Å². The summed E-state index contributed by atoms with van der Waals surface area (Å²) < 4.78 is 10.8. The summed E-state index contributed by atoms with van der Waals surface area (Å²) in [4.78, 5) is 0. The van der Waals surface area contributed by atoms with E-state index in [0.29, 0.717) is 6.10 Å². The van der Waals surface area contributed by atoms with Gasteiger partial charge in [-0.15, -0.1) is 0 Å². The maximum Gasteiger partial charge on any atom is 0.123 e. The van der Waals surface area contributed by atoms with Crippen LogP contribution in [0.1, 0.15) is 25.8 Å². The van der Waals surface area contributed by atoms with Crippen LogP contribution < -0.4 is 10.1 Å². The van der Waals surface area contributed by atoms with Gasteiger partial charge in [0, 0.05) is 23.7 Å². The molecule has 0 spiro atoms. The van der Waals surface area contributed by atoms with Gasteiger partial charge in [0.1, 0.15) is 5.75 Å². The van der Waals surface area contributed by atoms with Crippen molar-refractivity contribution >= 4 is 11.6 Å². The second-order valence-corrected chi connectivity index (χ2v) is 4.84. The summed E-state index contributed by atoms with van der Waals surface area (Å²) in [6, 6.07) is 5.65. The van der Waals surface area contributed by atoms with E-state index < -0.39 is 0 Å². The largest absolute Gasteiger partial charge is 0.496 e. The van der Waals surface area contributed by atoms with Crippen LogP contribution in [0.25, 0.3) is 0 Å². The van der Waals surface area contributed by atoms with Crippen molar-refractivity contribution in [3.8, 4) is 5.75 Å². The van der Waals surface area contributed by atoms with Crippen LogP contribution in [-0.2, 0) is 11.3 Å². The summed E-state index contributed by atoms with van der Waals surface area (Å²) in [5.41, 5.74) is 1.08. The third-order valence-electron chi connectivity index (χ3n) is 2.51. The van der Waals surface area contributed by atoms with E-state index in [9.17, 15) is 0 Å². The lowest BCUT2D eigenvalue weighted by Crippen LogP contribution is -2.17. The lowest BCUT2D eigenvalue weighted by atomic mass is 10.2. The molecule has 0 amide bonds. The Bertz CT molecular complexity index is 356. The molecule has 0 atom stereocenters. The minimum Gasteiger partial charge on any atom is -0.496 e. The van der Waals surface area contributed by atoms with Crippen LogP contribution in [0.15, 0.2) is 18.2 Å². The minimum atomic E-state index is 0.304. The Morgan fingerprint density at radius 1 is 1.33 bits per heavy atom. The van der Waals surface area contributed by atoms with Crippen molar-refractivity contribution in [2.75, 3.05) is 20.3 Å². The van der Waals surface area contributed by atoms with Crippen LogP contribution in [0.3, 0.4) is 0 Å². The van der Waals surface area contributed by atoms with Gasteiger partial charge in [-0.05, 0) is 45.0 Å². The zero-order chi connectivity index (χ0) is 13.4. The first-order chi connectivity index (χ1) is 8.63. The van der Waals surface area contributed by atoms with E-state index in [2.05, 4.69) is 5.32 Å². The summed E-state index contributed by atoms with van der Waals surface area (Å²) in [5.74, 6) is 0.866. The van der Waals surface area contributed by atoms with Gasteiger partial charge in [0.25, 0.3) is 0 Å². The number of nitrogens with one attached hydrogen (secondary N) is 1. The van der Waals surface area contributed by atoms with Crippen molar-refractivity contribution in [2.45, 2.75) is 32.9 Å². The summed E-state index contributed by atoms with van der Waals surface area (Å²) >= 11 is 5.97. The molecule has 0 saturated heterocycles. The van der Waals surface area contributed by atoms with Crippen LogP contribution in [0.5, 0.6) is 5.75 Å². The topological polar surface area (TPSA) is 30.5 Å². The zero-order valence-corrected chi connectivity index (χ0v) is 12.1. The molecule has 0 fully saturated rings. The number of rotatable bonds is 8. The molecule has 0 aliphatic heterocycles. The van der Waals surface area contributed by atoms with E-state index in [1.807, 2.05) is 32.0 Å². The molecule has 0 radical (unpaired) electrons. The Hall–Kier alpha value is -0.770. The number of hydrogen-bond donors (Lipinski definition) is 1. The van der Waals surface area contributed by atoms with Gasteiger partial charge in [-0.3, -0.25) is 0 Å². The molecular formula is C14H22ClNO2. The van der Waals surface area contributed by atoms with Gasteiger partial charge in [0.05, 0.1) is 13.2 Å². The van der Waals surface area contributed by atoms with Gasteiger partial charge in [0.2, 0.25) is 0 Å². The van der Waals surface area contributed by atoms with Gasteiger partial charge < -0.3 is 14.8 Å². The highest BCUT2D eigenvalue weighted by Gasteiger charge is 2.03. The molecule has 0 heterocycles. The molecule has 0 aromatic heterocycles. The Morgan fingerprint density at radius 3 is 2.78 bits per heavy atom. The maximum absolute atomic E-state index is 5.97. The van der Waals surface area contributed by atoms with Gasteiger partial charge >= 0.3 is 0 Å². The molecule has 102 valence electrons. The Balaban J connectivity index is 2.28. The number of benzene rings is 1. The molecule has 0 unspecified atom stereocenters. The zero-order valence-electron chi connectivity index (χ0n) is 11.3. The summed E-state index contributed by atoms with van der Waals surface area (Å²) in [6.07, 6.45) is 1.30. The van der Waals surface area contributed by atoms with Crippen LogP contribution in [0.2, 0.25) is 5.02 Å². The molecule has 3 nitrogen and oxygen atoms in total. The van der Waals surface area contributed by atoms with Gasteiger partial charge in [0.15, 0.2) is 0 Å². The Labute approximate surface area is 114 Å². The molecule has 1 rings (SSSR count). The fourth-order valence-electron chi connectivity index (χ4n) is 1.62. The van der Waals surface area contributed by atoms with Crippen molar-refractivity contribution in [3.63, 3.8) is 0 Å². The quantitative estimate of drug-likeness (QED) is 0.736. The predicted octanol–water partition coefficient (Wildman–Crippen LogP) is 3.25. The van der Waals surface area contributed by atoms with E-state index >= 15 is 0 Å². The third-order valence-corrected chi connectivity index (χ3v) is 2.74. The van der Waals surface area contributed by atoms with E-state index in [4.69, 9.17) is 21.1 Å². The van der Waals surface area contributed by atoms with E-state index in [0.717, 1.165) is 42.5 Å². The van der Waals surface area contributed by atoms with Crippen molar-refractivity contribution in [2.24, 2.45) is 0 Å². The van der Waals surface area contributed by atoms with Crippen LogP contribution >= 0.6 is 11.6 Å². The molecule has 0 bridgehead atoms. The first-order valence-electron chi connectivity index (χ1n) is 6.28. The van der Waals surface area contributed by atoms with Crippen LogP contribution in [0, 0.1) is 0 Å². The normalized spacial score (nSPS) is 10.9. The second-order valence-electron chi connectivity index (χ2n) is 4.41. The Kier molecular flexibility index (Phi) is 7.09. The molecule has 0 aliphatic rings. The van der Waals surface area contributed by atoms with Crippen molar-refractivity contribution in [1.29, 1.82) is 0 Å². The van der Waals surface area contributed by atoms with Crippen LogP contribution in [-0.4, -0.2) is 26.4 Å². The van der Waals surface area contributed by atoms with E-state index in [1.54, 1.807) is 7.11 Å². The molecule has 0 aliphatic carbocycles. The predicted molar refractivity (Wildman–Crippen MR) is 75.4 cm³/mol. The highest BCUT2D eigenvalue weighted by atomic mass is 35.5. The van der Waals surface area contributed by atoms with Crippen molar-refractivity contribution in [1.82, 2.24) is 5.32 Å². The minimum absolute atomic E-state index is 0.304. The third kappa shape index (κ3) is 5.71. The first-order valence-corrected chi connectivity index (χ1v) is 6.66. The number of halogens is 1. The highest BCUT2D eigenvalue weighted by Crippen LogP contribution is 2.22. The Morgan fingerprint density at radius 2 is 2.11 bits per heavy atom. The summed E-state index contributed by atoms with van der Waals surface area (Å²) in [7, 11) is 1.67.